The zero-order chi connectivity index (χ0) is 29.0. The standard InChI is InChI=1S/C33H50N2O5/c1-24(2)26(20-25-14-15-30(39-4)31(21-25)40-19-11-18-38-3)22-28(34)29(36)23-35-32(37)33(16-9-6-10-17-33)27-12-7-5-8-13-27/h5,7-8,12-15,21,24,26,28-29,36H,6,9-11,16-20,22-23,34H2,1-4H3,(H,35,37)/t26-,28-,29-/m0/s1. The Hall–Kier alpha value is -2.61. The summed E-state index contributed by atoms with van der Waals surface area (Å²) < 4.78 is 16.6. The van der Waals surface area contributed by atoms with E-state index in [0.717, 1.165) is 61.8 Å². The Bertz CT molecular complexity index is 1020. The number of rotatable bonds is 16. The predicted octanol–water partition coefficient (Wildman–Crippen LogP) is 5.02. The van der Waals surface area contributed by atoms with Gasteiger partial charge >= 0.3 is 0 Å². The highest BCUT2D eigenvalue weighted by Crippen LogP contribution is 2.39. The maximum atomic E-state index is 13.5. The number of ether oxygens (including phenoxy) is 3. The number of carbonyl (C=O) groups excluding carboxylic acids is 1. The van der Waals surface area contributed by atoms with E-state index in [2.05, 4.69) is 37.4 Å². The molecule has 1 fully saturated rings. The minimum atomic E-state index is -0.822. The lowest BCUT2D eigenvalue weighted by atomic mass is 9.68. The summed E-state index contributed by atoms with van der Waals surface area (Å²) in [6.45, 7) is 5.72. The second kappa shape index (κ2) is 16.0. The fraction of sp³-hybridized carbons (Fsp3) is 0.606. The van der Waals surface area contributed by atoms with Crippen molar-refractivity contribution in [2.24, 2.45) is 17.6 Å². The van der Waals surface area contributed by atoms with Crippen molar-refractivity contribution >= 4 is 5.91 Å². The van der Waals surface area contributed by atoms with E-state index in [9.17, 15) is 9.90 Å². The minimum absolute atomic E-state index is 0.00122. The zero-order valence-corrected chi connectivity index (χ0v) is 24.9. The SMILES string of the molecule is COCCCOc1cc(C[C@@H](C[C@H](N)[C@@H](O)CNC(=O)C2(c3ccccc3)CCCCC2)C(C)C)ccc1OC. The first kappa shape index (κ1) is 31.9. The average Bonchev–Trinajstić information content (AvgIpc) is 2.98. The second-order valence-corrected chi connectivity index (χ2v) is 11.6. The molecule has 0 saturated heterocycles. The smallest absolute Gasteiger partial charge is 0.230 e. The van der Waals surface area contributed by atoms with E-state index in [4.69, 9.17) is 19.9 Å². The number of benzene rings is 2. The molecule has 1 amide bonds. The van der Waals surface area contributed by atoms with Gasteiger partial charge in [0.2, 0.25) is 5.91 Å². The highest BCUT2D eigenvalue weighted by molar-refractivity contribution is 5.88. The van der Waals surface area contributed by atoms with Crippen LogP contribution in [0.2, 0.25) is 0 Å². The largest absolute Gasteiger partial charge is 0.493 e. The molecule has 4 N–H and O–H groups in total. The lowest BCUT2D eigenvalue weighted by Crippen LogP contribution is -2.50. The first-order valence-corrected chi connectivity index (χ1v) is 14.9. The number of hydrogen-bond acceptors (Lipinski definition) is 6. The van der Waals surface area contributed by atoms with Crippen molar-refractivity contribution in [3.63, 3.8) is 0 Å². The Kier molecular flexibility index (Phi) is 12.8. The van der Waals surface area contributed by atoms with Gasteiger partial charge in [0.05, 0.1) is 25.2 Å². The molecule has 0 heterocycles. The number of amides is 1. The van der Waals surface area contributed by atoms with Crippen LogP contribution >= 0.6 is 0 Å². The third-order valence-corrected chi connectivity index (χ3v) is 8.43. The van der Waals surface area contributed by atoms with Gasteiger partial charge in [0, 0.05) is 32.7 Å². The van der Waals surface area contributed by atoms with Gasteiger partial charge in [-0.25, -0.2) is 0 Å². The molecule has 3 rings (SSSR count). The summed E-state index contributed by atoms with van der Waals surface area (Å²) in [4.78, 5) is 13.5. The molecule has 1 aliphatic rings. The fourth-order valence-electron chi connectivity index (χ4n) is 5.82. The minimum Gasteiger partial charge on any atom is -0.493 e. The number of nitrogens with two attached hydrogens (primary N) is 1. The normalized spacial score (nSPS) is 17.2. The Labute approximate surface area is 240 Å². The molecule has 0 bridgehead atoms. The van der Waals surface area contributed by atoms with Crippen LogP contribution in [0, 0.1) is 11.8 Å². The predicted molar refractivity (Wildman–Crippen MR) is 160 cm³/mol. The molecular formula is C33H50N2O5. The van der Waals surface area contributed by atoms with Crippen molar-refractivity contribution in [1.82, 2.24) is 5.32 Å². The highest BCUT2D eigenvalue weighted by Gasteiger charge is 2.41. The third-order valence-electron chi connectivity index (χ3n) is 8.43. The van der Waals surface area contributed by atoms with Gasteiger partial charge in [0.1, 0.15) is 0 Å². The molecule has 7 heteroatoms. The van der Waals surface area contributed by atoms with Crippen LogP contribution in [0.1, 0.15) is 69.9 Å². The van der Waals surface area contributed by atoms with Crippen LogP contribution in [0.5, 0.6) is 11.5 Å². The van der Waals surface area contributed by atoms with Crippen molar-refractivity contribution in [2.75, 3.05) is 34.0 Å². The Morgan fingerprint density at radius 1 is 1.02 bits per heavy atom. The molecule has 222 valence electrons. The van der Waals surface area contributed by atoms with Crippen LogP contribution < -0.4 is 20.5 Å². The van der Waals surface area contributed by atoms with Gasteiger partial charge in [0.25, 0.3) is 0 Å². The Morgan fingerprint density at radius 2 is 1.75 bits per heavy atom. The first-order chi connectivity index (χ1) is 19.3. The first-order valence-electron chi connectivity index (χ1n) is 14.9. The molecule has 2 aromatic rings. The van der Waals surface area contributed by atoms with Gasteiger partial charge in [-0.15, -0.1) is 0 Å². The molecule has 1 saturated carbocycles. The monoisotopic (exact) mass is 554 g/mol. The molecule has 2 aromatic carbocycles. The number of hydrogen-bond donors (Lipinski definition) is 3. The van der Waals surface area contributed by atoms with Crippen LogP contribution in [-0.4, -0.2) is 57.1 Å². The summed E-state index contributed by atoms with van der Waals surface area (Å²) in [7, 11) is 3.32. The van der Waals surface area contributed by atoms with E-state index in [1.54, 1.807) is 14.2 Å². The molecule has 3 atom stereocenters. The van der Waals surface area contributed by atoms with Gasteiger partial charge in [-0.1, -0.05) is 69.5 Å². The Morgan fingerprint density at radius 3 is 2.40 bits per heavy atom. The summed E-state index contributed by atoms with van der Waals surface area (Å²) >= 11 is 0. The molecule has 7 nitrogen and oxygen atoms in total. The van der Waals surface area contributed by atoms with Gasteiger partial charge in [-0.05, 0) is 60.8 Å². The maximum Gasteiger partial charge on any atom is 0.230 e. The number of aliphatic hydroxyl groups excluding tert-OH is 1. The van der Waals surface area contributed by atoms with Gasteiger partial charge in [0.15, 0.2) is 11.5 Å². The summed E-state index contributed by atoms with van der Waals surface area (Å²) in [5, 5.41) is 14.0. The zero-order valence-electron chi connectivity index (χ0n) is 24.9. The third kappa shape index (κ3) is 8.69. The number of carbonyl (C=O) groups is 1. The summed E-state index contributed by atoms with van der Waals surface area (Å²) in [5.41, 5.74) is 8.20. The van der Waals surface area contributed by atoms with E-state index in [-0.39, 0.29) is 18.4 Å². The van der Waals surface area contributed by atoms with E-state index in [1.807, 2.05) is 30.3 Å². The van der Waals surface area contributed by atoms with Crippen molar-refractivity contribution in [1.29, 1.82) is 0 Å². The van der Waals surface area contributed by atoms with Crippen molar-refractivity contribution in [3.05, 3.63) is 59.7 Å². The lowest BCUT2D eigenvalue weighted by molar-refractivity contribution is -0.128. The van der Waals surface area contributed by atoms with Gasteiger partial charge in [-0.2, -0.15) is 0 Å². The summed E-state index contributed by atoms with van der Waals surface area (Å²) in [5.74, 6) is 2.05. The maximum absolute atomic E-state index is 13.5. The number of aliphatic hydroxyl groups is 1. The topological polar surface area (TPSA) is 103 Å². The van der Waals surface area contributed by atoms with Crippen LogP contribution in [0.4, 0.5) is 0 Å². The number of methoxy groups -OCH3 is 2. The van der Waals surface area contributed by atoms with E-state index in [0.29, 0.717) is 31.3 Å². The van der Waals surface area contributed by atoms with E-state index >= 15 is 0 Å². The molecule has 1 aliphatic carbocycles. The second-order valence-electron chi connectivity index (χ2n) is 11.6. The van der Waals surface area contributed by atoms with Gasteiger partial charge in [-0.3, -0.25) is 4.79 Å². The molecule has 0 aliphatic heterocycles. The van der Waals surface area contributed by atoms with Crippen LogP contribution in [0.15, 0.2) is 48.5 Å². The van der Waals surface area contributed by atoms with Crippen molar-refractivity contribution in [2.45, 2.75) is 82.8 Å². The summed E-state index contributed by atoms with van der Waals surface area (Å²) in [6.07, 6.45) is 6.32. The average molecular weight is 555 g/mol. The van der Waals surface area contributed by atoms with E-state index in [1.165, 1.54) is 0 Å². The van der Waals surface area contributed by atoms with Crippen LogP contribution in [-0.2, 0) is 21.4 Å². The van der Waals surface area contributed by atoms with Crippen molar-refractivity contribution in [3.8, 4) is 11.5 Å². The quantitative estimate of drug-likeness (QED) is 0.252. The van der Waals surface area contributed by atoms with Gasteiger partial charge < -0.3 is 30.4 Å². The number of nitrogens with one attached hydrogen (secondary N) is 1. The highest BCUT2D eigenvalue weighted by atomic mass is 16.5. The fourth-order valence-corrected chi connectivity index (χ4v) is 5.82. The van der Waals surface area contributed by atoms with Crippen LogP contribution in [0.3, 0.4) is 0 Å². The molecule has 40 heavy (non-hydrogen) atoms. The summed E-state index contributed by atoms with van der Waals surface area (Å²) in [6, 6.07) is 15.7. The lowest BCUT2D eigenvalue weighted by Gasteiger charge is -2.37. The molecule has 0 radical (unpaired) electrons. The molecule has 0 spiro atoms. The van der Waals surface area contributed by atoms with Crippen molar-refractivity contribution < 1.29 is 24.1 Å². The molecule has 0 aromatic heterocycles. The van der Waals surface area contributed by atoms with Crippen LogP contribution in [0.25, 0.3) is 0 Å². The molecule has 0 unspecified atom stereocenters. The molecular weight excluding hydrogens is 504 g/mol. The Balaban J connectivity index is 1.60. The van der Waals surface area contributed by atoms with E-state index < -0.39 is 17.6 Å².